The molecule has 2 fully saturated rings. The van der Waals surface area contributed by atoms with Crippen molar-refractivity contribution < 1.29 is 22.7 Å². The number of nitrogens with zero attached hydrogens (tertiary/aromatic N) is 4. The molecule has 1 aliphatic carbocycles. The van der Waals surface area contributed by atoms with Gasteiger partial charge in [-0.1, -0.05) is 6.92 Å². The van der Waals surface area contributed by atoms with Gasteiger partial charge in [-0.3, -0.25) is 9.69 Å². The maximum Gasteiger partial charge on any atom is 0.573 e. The third kappa shape index (κ3) is 4.92. The van der Waals surface area contributed by atoms with E-state index in [-0.39, 0.29) is 17.1 Å². The van der Waals surface area contributed by atoms with Crippen molar-refractivity contribution in [3.05, 3.63) is 41.5 Å². The molecule has 1 spiro atoms. The van der Waals surface area contributed by atoms with Crippen LogP contribution in [0.25, 0.3) is 0 Å². The van der Waals surface area contributed by atoms with E-state index in [1.165, 1.54) is 12.1 Å². The molecule has 36 heavy (non-hydrogen) atoms. The van der Waals surface area contributed by atoms with Crippen LogP contribution in [0.3, 0.4) is 0 Å². The summed E-state index contributed by atoms with van der Waals surface area (Å²) < 4.78 is 43.3. The highest BCUT2D eigenvalue weighted by molar-refractivity contribution is 5.94. The average Bonchev–Trinajstić information content (AvgIpc) is 3.20. The molecule has 0 radical (unpaired) electrons. The van der Waals surface area contributed by atoms with E-state index in [0.717, 1.165) is 87.7 Å². The van der Waals surface area contributed by atoms with E-state index in [4.69, 9.17) is 4.98 Å². The summed E-state index contributed by atoms with van der Waals surface area (Å²) in [4.78, 5) is 22.4. The minimum atomic E-state index is -4.68. The molecule has 196 valence electrons. The molecule has 3 aliphatic rings. The Hall–Kier alpha value is -2.75. The number of imidazole rings is 1. The third-order valence-electron chi connectivity index (χ3n) is 8.35. The van der Waals surface area contributed by atoms with E-state index < -0.39 is 6.36 Å². The average molecular weight is 506 g/mol. The summed E-state index contributed by atoms with van der Waals surface area (Å²) in [6, 6.07) is 6.11. The molecule has 10 heteroatoms. The summed E-state index contributed by atoms with van der Waals surface area (Å²) in [5.74, 6) is 1.20. The fourth-order valence-electron chi connectivity index (χ4n) is 6.11. The van der Waals surface area contributed by atoms with Crippen LogP contribution in [0.2, 0.25) is 0 Å². The molecule has 2 aromatic rings. The van der Waals surface area contributed by atoms with Crippen molar-refractivity contribution >= 4 is 11.6 Å². The van der Waals surface area contributed by atoms with Gasteiger partial charge in [0.15, 0.2) is 0 Å². The van der Waals surface area contributed by atoms with Gasteiger partial charge in [-0.05, 0) is 74.8 Å². The van der Waals surface area contributed by atoms with Crippen LogP contribution < -0.4 is 15.0 Å². The molecule has 1 atom stereocenters. The number of anilines is 1. The molecule has 1 aromatic heterocycles. The number of hydrogen-bond acceptors (Lipinski definition) is 5. The number of halogens is 3. The minimum Gasteiger partial charge on any atom is -0.406 e. The minimum absolute atomic E-state index is 0.0178. The molecule has 1 saturated heterocycles. The van der Waals surface area contributed by atoms with E-state index in [2.05, 4.69) is 31.5 Å². The number of piperidine rings is 1. The lowest BCUT2D eigenvalue weighted by atomic mass is 9.55. The van der Waals surface area contributed by atoms with Crippen LogP contribution >= 0.6 is 0 Å². The van der Waals surface area contributed by atoms with Crippen molar-refractivity contribution in [3.8, 4) is 5.75 Å². The second kappa shape index (κ2) is 9.61. The normalized spacial score (nSPS) is 21.7. The van der Waals surface area contributed by atoms with Gasteiger partial charge in [-0.15, -0.1) is 13.2 Å². The Morgan fingerprint density at radius 1 is 1.14 bits per heavy atom. The first-order valence-electron chi connectivity index (χ1n) is 12.8. The summed E-state index contributed by atoms with van der Waals surface area (Å²) in [6.45, 7) is 6.88. The molecule has 2 aliphatic heterocycles. The number of aryl methyl sites for hydroxylation is 1. The number of carbonyl (C=O) groups excluding carboxylic acids is 1. The first-order chi connectivity index (χ1) is 17.2. The largest absolute Gasteiger partial charge is 0.573 e. The highest BCUT2D eigenvalue weighted by atomic mass is 19.4. The second-order valence-corrected chi connectivity index (χ2v) is 10.4. The Morgan fingerprint density at radius 3 is 2.47 bits per heavy atom. The summed E-state index contributed by atoms with van der Waals surface area (Å²) >= 11 is 0. The molecule has 0 bridgehead atoms. The SMILES string of the molecule is CCc1nc2n(c1C(=O)NCC1CCC13CCN(c1ccc(OC(F)(F)F)cc1)CC3)CCN(C)C2. The first kappa shape index (κ1) is 24.9. The van der Waals surface area contributed by atoms with Crippen LogP contribution in [0.4, 0.5) is 18.9 Å². The zero-order valence-electron chi connectivity index (χ0n) is 20.9. The predicted molar refractivity (Wildman–Crippen MR) is 130 cm³/mol. The maximum absolute atomic E-state index is 13.2. The highest BCUT2D eigenvalue weighted by Gasteiger charge is 2.48. The lowest BCUT2D eigenvalue weighted by Crippen LogP contribution is -2.52. The van der Waals surface area contributed by atoms with E-state index in [0.29, 0.717) is 12.5 Å². The van der Waals surface area contributed by atoms with Crippen molar-refractivity contribution in [2.75, 3.05) is 38.1 Å². The van der Waals surface area contributed by atoms with Crippen LogP contribution in [0.5, 0.6) is 5.75 Å². The number of amides is 1. The van der Waals surface area contributed by atoms with Crippen molar-refractivity contribution in [2.24, 2.45) is 11.3 Å². The number of aromatic nitrogens is 2. The van der Waals surface area contributed by atoms with Crippen molar-refractivity contribution in [3.63, 3.8) is 0 Å². The van der Waals surface area contributed by atoms with Gasteiger partial charge in [0.2, 0.25) is 0 Å². The standard InChI is InChI=1S/C26H34F3N5O2/c1-3-21-23(34-15-14-32(2)17-22(34)31-21)24(35)30-16-18-8-9-25(18)10-12-33(13-11-25)19-4-6-20(7-5-19)36-26(27,28)29/h4-7,18H,3,8-17H2,1-2H3,(H,30,35). The quantitative estimate of drug-likeness (QED) is 0.637. The number of ether oxygens (including phenoxy) is 1. The highest BCUT2D eigenvalue weighted by Crippen LogP contribution is 2.53. The molecule has 1 aromatic carbocycles. The van der Waals surface area contributed by atoms with Crippen LogP contribution in [-0.2, 0) is 19.5 Å². The van der Waals surface area contributed by atoms with Gasteiger partial charge in [0.25, 0.3) is 5.91 Å². The number of carbonyl (C=O) groups is 1. The van der Waals surface area contributed by atoms with Gasteiger partial charge < -0.3 is 19.5 Å². The van der Waals surface area contributed by atoms with Crippen LogP contribution in [0, 0.1) is 11.3 Å². The molecule has 1 N–H and O–H groups in total. The van der Waals surface area contributed by atoms with E-state index in [1.807, 2.05) is 6.92 Å². The molecule has 1 unspecified atom stereocenters. The molecule has 5 rings (SSSR count). The van der Waals surface area contributed by atoms with Crippen LogP contribution in [0.1, 0.15) is 54.6 Å². The number of fused-ring (bicyclic) bond motifs is 1. The summed E-state index contributed by atoms with van der Waals surface area (Å²) in [5, 5.41) is 3.23. The van der Waals surface area contributed by atoms with Crippen LogP contribution in [-0.4, -0.2) is 59.9 Å². The van der Waals surface area contributed by atoms with Crippen molar-refractivity contribution in [2.45, 2.75) is 58.5 Å². The Bertz CT molecular complexity index is 1090. The van der Waals surface area contributed by atoms with Gasteiger partial charge in [0.1, 0.15) is 17.3 Å². The van der Waals surface area contributed by atoms with Gasteiger partial charge in [-0.2, -0.15) is 0 Å². The van der Waals surface area contributed by atoms with Gasteiger partial charge in [0.05, 0.1) is 12.2 Å². The topological polar surface area (TPSA) is 62.6 Å². The lowest BCUT2D eigenvalue weighted by molar-refractivity contribution is -0.274. The van der Waals surface area contributed by atoms with Gasteiger partial charge in [-0.25, -0.2) is 4.98 Å². The first-order valence-corrected chi connectivity index (χ1v) is 12.8. The molecular formula is C26H34F3N5O2. The Labute approximate surface area is 209 Å². The number of likely N-dealkylation sites (N-methyl/N-ethyl adjacent to an activating group) is 1. The molecule has 3 heterocycles. The van der Waals surface area contributed by atoms with E-state index >= 15 is 0 Å². The number of rotatable bonds is 6. The third-order valence-corrected chi connectivity index (χ3v) is 8.35. The molecule has 7 nitrogen and oxygen atoms in total. The predicted octanol–water partition coefficient (Wildman–Crippen LogP) is 4.22. The number of nitrogens with one attached hydrogen (secondary N) is 1. The molecule has 1 amide bonds. The fourth-order valence-corrected chi connectivity index (χ4v) is 6.11. The zero-order valence-corrected chi connectivity index (χ0v) is 20.9. The monoisotopic (exact) mass is 505 g/mol. The van der Waals surface area contributed by atoms with Gasteiger partial charge >= 0.3 is 6.36 Å². The Kier molecular flexibility index (Phi) is 6.65. The maximum atomic E-state index is 13.2. The fraction of sp³-hybridized carbons (Fsp3) is 0.615. The summed E-state index contributed by atoms with van der Waals surface area (Å²) in [7, 11) is 2.07. The zero-order chi connectivity index (χ0) is 25.5. The Balaban J connectivity index is 1.16. The number of alkyl halides is 3. The lowest BCUT2D eigenvalue weighted by Gasteiger charge is -2.54. The molecular weight excluding hydrogens is 471 g/mol. The van der Waals surface area contributed by atoms with E-state index in [1.54, 1.807) is 12.1 Å². The second-order valence-electron chi connectivity index (χ2n) is 10.4. The van der Waals surface area contributed by atoms with E-state index in [9.17, 15) is 18.0 Å². The van der Waals surface area contributed by atoms with Crippen molar-refractivity contribution in [1.29, 1.82) is 0 Å². The van der Waals surface area contributed by atoms with Crippen LogP contribution in [0.15, 0.2) is 24.3 Å². The van der Waals surface area contributed by atoms with Crippen molar-refractivity contribution in [1.82, 2.24) is 19.8 Å². The number of hydrogen-bond donors (Lipinski definition) is 1. The Morgan fingerprint density at radius 2 is 1.86 bits per heavy atom. The summed E-state index contributed by atoms with van der Waals surface area (Å²) in [6.07, 6.45) is 0.360. The number of benzene rings is 1. The summed E-state index contributed by atoms with van der Waals surface area (Å²) in [5.41, 5.74) is 2.74. The van der Waals surface area contributed by atoms with Gasteiger partial charge in [0, 0.05) is 38.4 Å². The molecule has 1 saturated carbocycles. The smallest absolute Gasteiger partial charge is 0.406 e.